The van der Waals surface area contributed by atoms with Gasteiger partial charge in [0.1, 0.15) is 11.6 Å². The molecule has 112 valence electrons. The Morgan fingerprint density at radius 1 is 1.00 bits per heavy atom. The number of hydrogen-bond acceptors (Lipinski definition) is 3. The quantitative estimate of drug-likeness (QED) is 0.632. The highest BCUT2D eigenvalue weighted by molar-refractivity contribution is 5.90. The molecule has 5 heteroatoms. The fraction of sp³-hybridized carbons (Fsp3) is 0.118. The van der Waals surface area contributed by atoms with Crippen molar-refractivity contribution in [1.82, 2.24) is 0 Å². The number of nitrogens with zero attached hydrogens (tertiary/aromatic N) is 1. The Labute approximate surface area is 127 Å². The van der Waals surface area contributed by atoms with E-state index in [9.17, 15) is 14.0 Å². The number of allylic oxidation sites excluding steroid dienone is 1. The van der Waals surface area contributed by atoms with Crippen LogP contribution < -0.4 is 9.47 Å². The molecular formula is C17H13F2NO2. The molecule has 0 aliphatic carbocycles. The number of rotatable bonds is 4. The maximum Gasteiger partial charge on any atom is 0.161 e. The SMILES string of the molecule is COc1ccc(/C(C#N)=C/c2cc(F)cc(F)c2)cc1OC. The van der Waals surface area contributed by atoms with Crippen LogP contribution in [0.1, 0.15) is 11.1 Å². The molecule has 0 aliphatic rings. The van der Waals surface area contributed by atoms with E-state index in [4.69, 9.17) is 9.47 Å². The Hall–Kier alpha value is -2.87. The number of ether oxygens (including phenoxy) is 2. The lowest BCUT2D eigenvalue weighted by atomic mass is 10.0. The number of methoxy groups -OCH3 is 2. The summed E-state index contributed by atoms with van der Waals surface area (Å²) in [5.74, 6) is -0.404. The second-order valence-electron chi connectivity index (χ2n) is 4.44. The maximum atomic E-state index is 13.2. The fourth-order valence-electron chi connectivity index (χ4n) is 2.01. The van der Waals surface area contributed by atoms with Crippen molar-refractivity contribution in [3.8, 4) is 17.6 Å². The molecule has 0 fully saturated rings. The summed E-state index contributed by atoms with van der Waals surface area (Å²) in [5, 5.41) is 9.29. The van der Waals surface area contributed by atoms with E-state index in [0.717, 1.165) is 18.2 Å². The standard InChI is InChI=1S/C17H13F2NO2/c1-21-16-4-3-12(8-17(16)22-2)13(10-20)5-11-6-14(18)9-15(19)7-11/h3-9H,1-2H3/b13-5+. The Balaban J connectivity index is 2.48. The van der Waals surface area contributed by atoms with Crippen LogP contribution in [0.25, 0.3) is 11.6 Å². The van der Waals surface area contributed by atoms with E-state index in [1.165, 1.54) is 20.3 Å². The van der Waals surface area contributed by atoms with Gasteiger partial charge in [-0.3, -0.25) is 0 Å². The second kappa shape index (κ2) is 6.72. The Morgan fingerprint density at radius 2 is 1.64 bits per heavy atom. The smallest absolute Gasteiger partial charge is 0.161 e. The molecule has 2 aromatic rings. The summed E-state index contributed by atoms with van der Waals surface area (Å²) in [5.41, 5.74) is 1.08. The normalized spacial score (nSPS) is 11.0. The van der Waals surface area contributed by atoms with Crippen LogP contribution in [-0.2, 0) is 0 Å². The van der Waals surface area contributed by atoms with Crippen molar-refractivity contribution in [3.05, 3.63) is 59.2 Å². The molecule has 0 amide bonds. The molecule has 2 rings (SSSR count). The molecule has 0 unspecified atom stereocenters. The largest absolute Gasteiger partial charge is 0.493 e. The third-order valence-corrected chi connectivity index (χ3v) is 3.01. The van der Waals surface area contributed by atoms with Crippen LogP contribution in [0, 0.1) is 23.0 Å². The van der Waals surface area contributed by atoms with Gasteiger partial charge in [-0.15, -0.1) is 0 Å². The molecule has 22 heavy (non-hydrogen) atoms. The Kier molecular flexibility index (Phi) is 4.74. The van der Waals surface area contributed by atoms with Gasteiger partial charge in [-0.1, -0.05) is 0 Å². The monoisotopic (exact) mass is 301 g/mol. The van der Waals surface area contributed by atoms with Crippen LogP contribution in [0.4, 0.5) is 8.78 Å². The average molecular weight is 301 g/mol. The van der Waals surface area contributed by atoms with Crippen molar-refractivity contribution in [2.24, 2.45) is 0 Å². The summed E-state index contributed by atoms with van der Waals surface area (Å²) < 4.78 is 36.7. The Bertz CT molecular complexity index is 743. The zero-order valence-corrected chi connectivity index (χ0v) is 12.1. The molecule has 3 nitrogen and oxygen atoms in total. The summed E-state index contributed by atoms with van der Waals surface area (Å²) in [7, 11) is 2.99. The lowest BCUT2D eigenvalue weighted by Gasteiger charge is -2.09. The third kappa shape index (κ3) is 3.41. The van der Waals surface area contributed by atoms with E-state index in [1.54, 1.807) is 18.2 Å². The molecule has 0 N–H and O–H groups in total. The minimum absolute atomic E-state index is 0.256. The molecule has 0 spiro atoms. The van der Waals surface area contributed by atoms with Crippen LogP contribution in [0.3, 0.4) is 0 Å². The van der Waals surface area contributed by atoms with E-state index in [2.05, 4.69) is 0 Å². The molecular weight excluding hydrogens is 288 g/mol. The highest BCUT2D eigenvalue weighted by Crippen LogP contribution is 2.31. The second-order valence-corrected chi connectivity index (χ2v) is 4.44. The van der Waals surface area contributed by atoms with Gasteiger partial charge in [0.2, 0.25) is 0 Å². The van der Waals surface area contributed by atoms with Gasteiger partial charge in [0.15, 0.2) is 11.5 Å². The summed E-state index contributed by atoms with van der Waals surface area (Å²) in [6.45, 7) is 0. The van der Waals surface area contributed by atoms with E-state index in [-0.39, 0.29) is 11.1 Å². The van der Waals surface area contributed by atoms with E-state index >= 15 is 0 Å². The molecule has 2 aromatic carbocycles. The van der Waals surface area contributed by atoms with Crippen molar-refractivity contribution in [1.29, 1.82) is 5.26 Å². The molecule has 0 atom stereocenters. The minimum Gasteiger partial charge on any atom is -0.493 e. The first-order valence-corrected chi connectivity index (χ1v) is 6.37. The third-order valence-electron chi connectivity index (χ3n) is 3.01. The summed E-state index contributed by atoms with van der Waals surface area (Å²) in [6, 6.07) is 10.1. The highest BCUT2D eigenvalue weighted by atomic mass is 19.1. The van der Waals surface area contributed by atoms with Gasteiger partial charge in [-0.25, -0.2) is 8.78 Å². The first-order valence-electron chi connectivity index (χ1n) is 6.37. The van der Waals surface area contributed by atoms with Gasteiger partial charge < -0.3 is 9.47 Å². The van der Waals surface area contributed by atoms with Gasteiger partial charge in [-0.2, -0.15) is 5.26 Å². The van der Waals surface area contributed by atoms with Crippen LogP contribution in [0.2, 0.25) is 0 Å². The fourth-order valence-corrected chi connectivity index (χ4v) is 2.01. The van der Waals surface area contributed by atoms with Gasteiger partial charge in [0, 0.05) is 6.07 Å². The van der Waals surface area contributed by atoms with Crippen LogP contribution in [-0.4, -0.2) is 14.2 Å². The maximum absolute atomic E-state index is 13.2. The van der Waals surface area contributed by atoms with E-state index in [1.807, 2.05) is 6.07 Å². The first-order chi connectivity index (χ1) is 10.6. The van der Waals surface area contributed by atoms with Crippen molar-refractivity contribution < 1.29 is 18.3 Å². The predicted molar refractivity (Wildman–Crippen MR) is 79.4 cm³/mol. The van der Waals surface area contributed by atoms with Crippen molar-refractivity contribution in [3.63, 3.8) is 0 Å². The zero-order valence-electron chi connectivity index (χ0n) is 12.1. The number of halogens is 2. The van der Waals surface area contributed by atoms with Crippen molar-refractivity contribution >= 4 is 11.6 Å². The van der Waals surface area contributed by atoms with Crippen molar-refractivity contribution in [2.45, 2.75) is 0 Å². The predicted octanol–water partition coefficient (Wildman–Crippen LogP) is 4.05. The van der Waals surface area contributed by atoms with Gasteiger partial charge >= 0.3 is 0 Å². The molecule has 0 aromatic heterocycles. The minimum atomic E-state index is -0.698. The molecule has 0 heterocycles. The lowest BCUT2D eigenvalue weighted by Crippen LogP contribution is -1.92. The number of benzene rings is 2. The Morgan fingerprint density at radius 3 is 2.18 bits per heavy atom. The molecule has 0 aliphatic heterocycles. The molecule has 0 radical (unpaired) electrons. The van der Waals surface area contributed by atoms with Crippen LogP contribution in [0.15, 0.2) is 36.4 Å². The topological polar surface area (TPSA) is 42.2 Å². The molecule has 0 saturated carbocycles. The molecule has 0 bridgehead atoms. The lowest BCUT2D eigenvalue weighted by molar-refractivity contribution is 0.355. The zero-order chi connectivity index (χ0) is 16.1. The van der Waals surface area contributed by atoms with E-state index < -0.39 is 11.6 Å². The summed E-state index contributed by atoms with van der Waals surface area (Å²) in [6.07, 6.45) is 1.41. The number of hydrogen-bond donors (Lipinski definition) is 0. The van der Waals surface area contributed by atoms with Gasteiger partial charge in [0.25, 0.3) is 0 Å². The summed E-state index contributed by atoms with van der Waals surface area (Å²) >= 11 is 0. The van der Waals surface area contributed by atoms with Crippen LogP contribution in [0.5, 0.6) is 11.5 Å². The van der Waals surface area contributed by atoms with Gasteiger partial charge in [-0.05, 0) is 47.5 Å². The van der Waals surface area contributed by atoms with Gasteiger partial charge in [0.05, 0.1) is 25.9 Å². The average Bonchev–Trinajstić information content (AvgIpc) is 2.51. The molecule has 0 saturated heterocycles. The van der Waals surface area contributed by atoms with Crippen LogP contribution >= 0.6 is 0 Å². The van der Waals surface area contributed by atoms with E-state index in [0.29, 0.717) is 17.1 Å². The van der Waals surface area contributed by atoms with Crippen molar-refractivity contribution in [2.75, 3.05) is 14.2 Å². The number of nitriles is 1. The first kappa shape index (κ1) is 15.5. The summed E-state index contributed by atoms with van der Waals surface area (Å²) in [4.78, 5) is 0. The highest BCUT2D eigenvalue weighted by Gasteiger charge is 2.08.